The van der Waals surface area contributed by atoms with Crippen molar-refractivity contribution in [1.29, 1.82) is 0 Å². The van der Waals surface area contributed by atoms with Crippen LogP contribution in [0.3, 0.4) is 0 Å². The Labute approximate surface area is 151 Å². The van der Waals surface area contributed by atoms with E-state index in [1.165, 1.54) is 11.0 Å². The van der Waals surface area contributed by atoms with Crippen LogP contribution in [0.2, 0.25) is 10.0 Å². The molecule has 0 aromatic heterocycles. The summed E-state index contributed by atoms with van der Waals surface area (Å²) in [6.45, 7) is 0.280. The van der Waals surface area contributed by atoms with Gasteiger partial charge < -0.3 is 4.90 Å². The van der Waals surface area contributed by atoms with Crippen molar-refractivity contribution in [2.24, 2.45) is 0 Å². The van der Waals surface area contributed by atoms with Crippen LogP contribution in [0.1, 0.15) is 15.9 Å². The van der Waals surface area contributed by atoms with E-state index in [-0.39, 0.29) is 12.5 Å². The summed E-state index contributed by atoms with van der Waals surface area (Å²) in [4.78, 5) is 14.0. The molecule has 0 aliphatic carbocycles. The molecule has 0 heterocycles. The summed E-state index contributed by atoms with van der Waals surface area (Å²) in [5, 5.41) is 0.834. The summed E-state index contributed by atoms with van der Waals surface area (Å²) >= 11 is 12.1. The Morgan fingerprint density at radius 2 is 1.83 bits per heavy atom. The number of nitrogens with one attached hydrogen (secondary N) is 1. The van der Waals surface area contributed by atoms with Gasteiger partial charge in [0, 0.05) is 24.8 Å². The Balaban J connectivity index is 2.19. The van der Waals surface area contributed by atoms with Crippen molar-refractivity contribution in [2.75, 3.05) is 18.0 Å². The van der Waals surface area contributed by atoms with Crippen LogP contribution in [0.4, 0.5) is 5.69 Å². The highest BCUT2D eigenvalue weighted by Gasteiger charge is 2.15. The molecule has 0 spiro atoms. The van der Waals surface area contributed by atoms with Gasteiger partial charge in [-0.1, -0.05) is 41.4 Å². The molecular formula is C16H16Cl2N2O3S. The molecular weight excluding hydrogens is 371 g/mol. The number of sulfonamides is 1. The second kappa shape index (κ2) is 7.42. The first-order valence-corrected chi connectivity index (χ1v) is 9.58. The largest absolute Gasteiger partial charge is 0.337 e. The number of carbonyl (C=O) groups is 1. The maximum Gasteiger partial charge on any atom is 0.253 e. The molecule has 0 unspecified atom stereocenters. The Kier molecular flexibility index (Phi) is 5.74. The SMILES string of the molecule is CN(Cc1cccc(Cl)c1Cl)C(=O)c1cccc(NS(C)(=O)=O)c1. The molecule has 128 valence electrons. The van der Waals surface area contributed by atoms with Gasteiger partial charge in [0.1, 0.15) is 0 Å². The molecule has 0 saturated carbocycles. The van der Waals surface area contributed by atoms with E-state index in [0.717, 1.165) is 11.8 Å². The lowest BCUT2D eigenvalue weighted by Gasteiger charge is -2.19. The number of rotatable bonds is 5. The zero-order valence-electron chi connectivity index (χ0n) is 13.1. The third kappa shape index (κ3) is 4.87. The second-order valence-electron chi connectivity index (χ2n) is 5.33. The average molecular weight is 387 g/mol. The van der Waals surface area contributed by atoms with Crippen LogP contribution in [0.5, 0.6) is 0 Å². The van der Waals surface area contributed by atoms with E-state index in [9.17, 15) is 13.2 Å². The summed E-state index contributed by atoms with van der Waals surface area (Å²) in [5.74, 6) is -0.261. The predicted octanol–water partition coefficient (Wildman–Crippen LogP) is 3.64. The fraction of sp³-hybridized carbons (Fsp3) is 0.188. The van der Waals surface area contributed by atoms with Gasteiger partial charge in [-0.3, -0.25) is 9.52 Å². The minimum Gasteiger partial charge on any atom is -0.337 e. The number of anilines is 1. The highest BCUT2D eigenvalue weighted by Crippen LogP contribution is 2.26. The molecule has 0 radical (unpaired) electrons. The van der Waals surface area contributed by atoms with Gasteiger partial charge in [-0.25, -0.2) is 8.42 Å². The predicted molar refractivity (Wildman–Crippen MR) is 97.2 cm³/mol. The van der Waals surface area contributed by atoms with Gasteiger partial charge in [0.05, 0.1) is 16.3 Å². The summed E-state index contributed by atoms with van der Waals surface area (Å²) in [6.07, 6.45) is 1.05. The van der Waals surface area contributed by atoms with Crippen molar-refractivity contribution in [2.45, 2.75) is 6.54 Å². The normalized spacial score (nSPS) is 11.2. The van der Waals surface area contributed by atoms with Crippen LogP contribution >= 0.6 is 23.2 Å². The lowest BCUT2D eigenvalue weighted by atomic mass is 10.1. The molecule has 1 amide bonds. The van der Waals surface area contributed by atoms with Gasteiger partial charge in [-0.15, -0.1) is 0 Å². The van der Waals surface area contributed by atoms with Crippen LogP contribution in [0.15, 0.2) is 42.5 Å². The van der Waals surface area contributed by atoms with Crippen LogP contribution < -0.4 is 4.72 Å². The molecule has 0 aliphatic heterocycles. The maximum atomic E-state index is 12.5. The first-order chi connectivity index (χ1) is 11.2. The zero-order chi connectivity index (χ0) is 17.9. The van der Waals surface area contributed by atoms with Crippen LogP contribution in [0, 0.1) is 0 Å². The average Bonchev–Trinajstić information content (AvgIpc) is 2.49. The summed E-state index contributed by atoms with van der Waals surface area (Å²) in [5.41, 5.74) is 1.42. The van der Waals surface area contributed by atoms with E-state index < -0.39 is 10.0 Å². The molecule has 0 fully saturated rings. The second-order valence-corrected chi connectivity index (χ2v) is 7.86. The van der Waals surface area contributed by atoms with Gasteiger partial charge in [-0.2, -0.15) is 0 Å². The van der Waals surface area contributed by atoms with E-state index in [1.54, 1.807) is 43.4 Å². The minimum absolute atomic E-state index is 0.261. The molecule has 0 atom stereocenters. The van der Waals surface area contributed by atoms with Crippen LogP contribution in [-0.2, 0) is 16.6 Å². The summed E-state index contributed by atoms with van der Waals surface area (Å²) < 4.78 is 24.9. The smallest absolute Gasteiger partial charge is 0.253 e. The first-order valence-electron chi connectivity index (χ1n) is 6.93. The molecule has 0 saturated heterocycles. The van der Waals surface area contributed by atoms with Crippen molar-refractivity contribution in [3.05, 3.63) is 63.6 Å². The Morgan fingerprint density at radius 3 is 2.50 bits per heavy atom. The third-order valence-corrected chi connectivity index (χ3v) is 4.66. The van der Waals surface area contributed by atoms with Crippen LogP contribution in [-0.4, -0.2) is 32.5 Å². The quantitative estimate of drug-likeness (QED) is 0.852. The molecule has 2 aromatic rings. The monoisotopic (exact) mass is 386 g/mol. The lowest BCUT2D eigenvalue weighted by Crippen LogP contribution is -2.26. The van der Waals surface area contributed by atoms with Gasteiger partial charge in [0.15, 0.2) is 0 Å². The fourth-order valence-corrected chi connectivity index (χ4v) is 3.08. The van der Waals surface area contributed by atoms with E-state index in [1.807, 2.05) is 0 Å². The van der Waals surface area contributed by atoms with Crippen LogP contribution in [0.25, 0.3) is 0 Å². The number of hydrogen-bond donors (Lipinski definition) is 1. The van der Waals surface area contributed by atoms with Gasteiger partial charge in [0.25, 0.3) is 5.91 Å². The van der Waals surface area contributed by atoms with Crippen molar-refractivity contribution in [3.63, 3.8) is 0 Å². The molecule has 2 aromatic carbocycles. The minimum atomic E-state index is -3.41. The molecule has 0 aliphatic rings. The van der Waals surface area contributed by atoms with E-state index in [2.05, 4.69) is 4.72 Å². The topological polar surface area (TPSA) is 66.5 Å². The number of halogens is 2. The van der Waals surface area contributed by atoms with Gasteiger partial charge in [0.2, 0.25) is 10.0 Å². The fourth-order valence-electron chi connectivity index (χ4n) is 2.15. The lowest BCUT2D eigenvalue weighted by molar-refractivity contribution is 0.0785. The van der Waals surface area contributed by atoms with Crippen molar-refractivity contribution < 1.29 is 13.2 Å². The highest BCUT2D eigenvalue weighted by atomic mass is 35.5. The number of benzene rings is 2. The number of carbonyl (C=O) groups excluding carboxylic acids is 1. The maximum absolute atomic E-state index is 12.5. The highest BCUT2D eigenvalue weighted by molar-refractivity contribution is 7.92. The molecule has 2 rings (SSSR count). The molecule has 24 heavy (non-hydrogen) atoms. The Hall–Kier alpha value is -1.76. The first kappa shape index (κ1) is 18.6. The number of amides is 1. The standard InChI is InChI=1S/C16H16Cl2N2O3S/c1-20(10-12-6-4-8-14(17)15(12)18)16(21)11-5-3-7-13(9-11)19-24(2,22)23/h3-9,19H,10H2,1-2H3. The Bertz CT molecular complexity index is 869. The van der Waals surface area contributed by atoms with Gasteiger partial charge >= 0.3 is 0 Å². The zero-order valence-corrected chi connectivity index (χ0v) is 15.4. The van der Waals surface area contributed by atoms with Gasteiger partial charge in [-0.05, 0) is 29.8 Å². The number of hydrogen-bond acceptors (Lipinski definition) is 3. The molecule has 1 N–H and O–H groups in total. The van der Waals surface area contributed by atoms with Crippen molar-refractivity contribution in [1.82, 2.24) is 4.90 Å². The molecule has 8 heteroatoms. The molecule has 5 nitrogen and oxygen atoms in total. The van der Waals surface area contributed by atoms with E-state index >= 15 is 0 Å². The summed E-state index contributed by atoms with van der Waals surface area (Å²) in [6, 6.07) is 11.5. The van der Waals surface area contributed by atoms with Crippen molar-refractivity contribution in [3.8, 4) is 0 Å². The third-order valence-electron chi connectivity index (χ3n) is 3.20. The Morgan fingerprint density at radius 1 is 1.17 bits per heavy atom. The number of nitrogens with zero attached hydrogens (tertiary/aromatic N) is 1. The molecule has 0 bridgehead atoms. The van der Waals surface area contributed by atoms with E-state index in [4.69, 9.17) is 23.2 Å². The van der Waals surface area contributed by atoms with E-state index in [0.29, 0.717) is 21.3 Å². The van der Waals surface area contributed by atoms with Crippen molar-refractivity contribution >= 4 is 44.8 Å². The summed E-state index contributed by atoms with van der Waals surface area (Å²) in [7, 11) is -1.77.